The first-order valence-corrected chi connectivity index (χ1v) is 6.85. The van der Waals surface area contributed by atoms with Crippen molar-refractivity contribution in [1.82, 2.24) is 10.2 Å². The molecule has 1 saturated heterocycles. The second-order valence-corrected chi connectivity index (χ2v) is 4.58. The Balaban J connectivity index is 2.63. The molecule has 0 bridgehead atoms. The number of nitrogens with zero attached hydrogens (tertiary/aromatic N) is 1. The van der Waals surface area contributed by atoms with Crippen LogP contribution in [-0.4, -0.2) is 62.9 Å². The Kier molecular flexibility index (Phi) is 7.23. The highest BCUT2D eigenvalue weighted by molar-refractivity contribution is 5.82. The van der Waals surface area contributed by atoms with Gasteiger partial charge in [-0.25, -0.2) is 0 Å². The van der Waals surface area contributed by atoms with E-state index in [0.717, 1.165) is 19.4 Å². The third-order valence-electron chi connectivity index (χ3n) is 3.42. The van der Waals surface area contributed by atoms with Crippen LogP contribution in [0.5, 0.6) is 0 Å². The van der Waals surface area contributed by atoms with Crippen molar-refractivity contribution in [3.05, 3.63) is 0 Å². The molecule has 0 aliphatic carbocycles. The molecule has 0 aromatic carbocycles. The third-order valence-corrected chi connectivity index (χ3v) is 3.42. The summed E-state index contributed by atoms with van der Waals surface area (Å²) in [6.07, 6.45) is 1.94. The molecule has 1 N–H and O–H groups in total. The van der Waals surface area contributed by atoms with Crippen molar-refractivity contribution in [3.8, 4) is 0 Å². The molecule has 1 aliphatic rings. The molecule has 1 heterocycles. The van der Waals surface area contributed by atoms with Gasteiger partial charge in [0.2, 0.25) is 5.91 Å². The molecule has 5 nitrogen and oxygen atoms in total. The van der Waals surface area contributed by atoms with Crippen molar-refractivity contribution in [2.75, 3.05) is 40.0 Å². The molecule has 1 fully saturated rings. The summed E-state index contributed by atoms with van der Waals surface area (Å²) in [6, 6.07) is 0.0904. The van der Waals surface area contributed by atoms with Gasteiger partial charge in [0, 0.05) is 26.2 Å². The second kappa shape index (κ2) is 8.45. The molecule has 1 amide bonds. The second-order valence-electron chi connectivity index (χ2n) is 4.58. The van der Waals surface area contributed by atoms with Crippen molar-refractivity contribution in [1.29, 1.82) is 0 Å². The van der Waals surface area contributed by atoms with Gasteiger partial charge in [-0.3, -0.25) is 4.79 Å². The fourth-order valence-electron chi connectivity index (χ4n) is 2.32. The van der Waals surface area contributed by atoms with Gasteiger partial charge in [-0.05, 0) is 12.8 Å². The van der Waals surface area contributed by atoms with E-state index in [-0.39, 0.29) is 18.0 Å². The van der Waals surface area contributed by atoms with Gasteiger partial charge in [0.25, 0.3) is 0 Å². The van der Waals surface area contributed by atoms with Crippen LogP contribution >= 0.6 is 0 Å². The number of methoxy groups -OCH3 is 1. The Bertz CT molecular complexity index is 238. The maximum atomic E-state index is 12.5. The zero-order valence-corrected chi connectivity index (χ0v) is 11.8. The fraction of sp³-hybridized carbons (Fsp3) is 0.923. The van der Waals surface area contributed by atoms with Crippen molar-refractivity contribution < 1.29 is 14.3 Å². The normalized spacial score (nSPS) is 20.1. The van der Waals surface area contributed by atoms with Crippen LogP contribution < -0.4 is 5.32 Å². The van der Waals surface area contributed by atoms with Crippen molar-refractivity contribution >= 4 is 5.91 Å². The molecular weight excluding hydrogens is 232 g/mol. The predicted octanol–water partition coefficient (Wildman–Crippen LogP) is 0.638. The third kappa shape index (κ3) is 4.23. The number of carbonyl (C=O) groups is 1. The maximum absolute atomic E-state index is 12.5. The minimum absolute atomic E-state index is 0.139. The van der Waals surface area contributed by atoms with Crippen LogP contribution in [-0.2, 0) is 14.3 Å². The summed E-state index contributed by atoms with van der Waals surface area (Å²) >= 11 is 0. The Morgan fingerprint density at radius 3 is 2.72 bits per heavy atom. The average Bonchev–Trinajstić information content (AvgIpc) is 2.43. The number of hydrogen-bond donors (Lipinski definition) is 1. The number of amides is 1. The number of nitrogens with one attached hydrogen (secondary N) is 1. The molecule has 1 atom stereocenters. The SMILES string of the molecule is CCC(CC)N(CCOC)C(=O)C1COCCN1. The summed E-state index contributed by atoms with van der Waals surface area (Å²) in [7, 11) is 1.66. The van der Waals surface area contributed by atoms with E-state index in [1.54, 1.807) is 7.11 Å². The molecule has 0 radical (unpaired) electrons. The topological polar surface area (TPSA) is 50.8 Å². The van der Waals surface area contributed by atoms with Gasteiger partial charge in [-0.2, -0.15) is 0 Å². The lowest BCUT2D eigenvalue weighted by atomic mass is 10.1. The molecule has 1 aliphatic heterocycles. The van der Waals surface area contributed by atoms with Crippen LogP contribution in [0, 0.1) is 0 Å². The van der Waals surface area contributed by atoms with Gasteiger partial charge in [0.05, 0.1) is 19.8 Å². The summed E-state index contributed by atoms with van der Waals surface area (Å²) in [6.45, 7) is 7.38. The largest absolute Gasteiger partial charge is 0.383 e. The molecule has 18 heavy (non-hydrogen) atoms. The number of morpholine rings is 1. The lowest BCUT2D eigenvalue weighted by Crippen LogP contribution is -2.55. The zero-order chi connectivity index (χ0) is 13.4. The van der Waals surface area contributed by atoms with Crippen LogP contribution in [0.15, 0.2) is 0 Å². The van der Waals surface area contributed by atoms with Gasteiger partial charge in [0.1, 0.15) is 6.04 Å². The van der Waals surface area contributed by atoms with Gasteiger partial charge in [-0.15, -0.1) is 0 Å². The molecule has 0 spiro atoms. The van der Waals surface area contributed by atoms with E-state index >= 15 is 0 Å². The minimum Gasteiger partial charge on any atom is -0.383 e. The molecule has 1 rings (SSSR count). The number of ether oxygens (including phenoxy) is 2. The Morgan fingerprint density at radius 2 is 2.22 bits per heavy atom. The van der Waals surface area contributed by atoms with E-state index in [0.29, 0.717) is 26.4 Å². The van der Waals surface area contributed by atoms with Gasteiger partial charge in [-0.1, -0.05) is 13.8 Å². The van der Waals surface area contributed by atoms with Crippen LogP contribution in [0.3, 0.4) is 0 Å². The lowest BCUT2D eigenvalue weighted by Gasteiger charge is -2.35. The quantitative estimate of drug-likeness (QED) is 0.728. The Hall–Kier alpha value is -0.650. The first-order valence-electron chi connectivity index (χ1n) is 6.85. The van der Waals surface area contributed by atoms with Crippen LogP contribution in [0.2, 0.25) is 0 Å². The van der Waals surface area contributed by atoms with E-state index in [1.165, 1.54) is 0 Å². The van der Waals surface area contributed by atoms with Crippen molar-refractivity contribution in [2.45, 2.75) is 38.8 Å². The molecule has 1 unspecified atom stereocenters. The van der Waals surface area contributed by atoms with Crippen molar-refractivity contribution in [2.24, 2.45) is 0 Å². The molecule has 0 aromatic heterocycles. The standard InChI is InChI=1S/C13H26N2O3/c1-4-11(5-2)15(7-9-17-3)13(16)12-10-18-8-6-14-12/h11-12,14H,4-10H2,1-3H3. The van der Waals surface area contributed by atoms with E-state index in [9.17, 15) is 4.79 Å². The number of carbonyl (C=O) groups excluding carboxylic acids is 1. The highest BCUT2D eigenvalue weighted by Crippen LogP contribution is 2.11. The predicted molar refractivity (Wildman–Crippen MR) is 70.6 cm³/mol. The van der Waals surface area contributed by atoms with Crippen LogP contribution in [0.25, 0.3) is 0 Å². The highest BCUT2D eigenvalue weighted by Gasteiger charge is 2.29. The zero-order valence-electron chi connectivity index (χ0n) is 11.8. The smallest absolute Gasteiger partial charge is 0.242 e. The molecule has 5 heteroatoms. The van der Waals surface area contributed by atoms with E-state index in [4.69, 9.17) is 9.47 Å². The minimum atomic E-state index is -0.198. The summed E-state index contributed by atoms with van der Waals surface area (Å²) in [5.74, 6) is 0.139. The molecular formula is C13H26N2O3. The number of rotatable bonds is 7. The average molecular weight is 258 g/mol. The Labute approximate surface area is 110 Å². The summed E-state index contributed by atoms with van der Waals surface area (Å²) in [4.78, 5) is 14.4. The first-order chi connectivity index (χ1) is 8.74. The summed E-state index contributed by atoms with van der Waals surface area (Å²) in [5.41, 5.74) is 0. The molecule has 106 valence electrons. The van der Waals surface area contributed by atoms with Crippen LogP contribution in [0.1, 0.15) is 26.7 Å². The van der Waals surface area contributed by atoms with Gasteiger partial charge in [0.15, 0.2) is 0 Å². The number of hydrogen-bond acceptors (Lipinski definition) is 4. The summed E-state index contributed by atoms with van der Waals surface area (Å²) in [5, 5.41) is 3.22. The van der Waals surface area contributed by atoms with E-state index in [1.807, 2.05) is 4.90 Å². The maximum Gasteiger partial charge on any atom is 0.242 e. The van der Waals surface area contributed by atoms with Crippen LogP contribution in [0.4, 0.5) is 0 Å². The van der Waals surface area contributed by atoms with E-state index < -0.39 is 0 Å². The first kappa shape index (κ1) is 15.4. The summed E-state index contributed by atoms with van der Waals surface area (Å²) < 4.78 is 10.5. The molecule has 0 saturated carbocycles. The van der Waals surface area contributed by atoms with E-state index in [2.05, 4.69) is 19.2 Å². The van der Waals surface area contributed by atoms with Crippen molar-refractivity contribution in [3.63, 3.8) is 0 Å². The van der Waals surface area contributed by atoms with Gasteiger partial charge < -0.3 is 19.7 Å². The van der Waals surface area contributed by atoms with Gasteiger partial charge >= 0.3 is 0 Å². The fourth-order valence-corrected chi connectivity index (χ4v) is 2.32. The monoisotopic (exact) mass is 258 g/mol. The molecule has 0 aromatic rings. The Morgan fingerprint density at radius 1 is 1.50 bits per heavy atom. The highest BCUT2D eigenvalue weighted by atomic mass is 16.5. The lowest BCUT2D eigenvalue weighted by molar-refractivity contribution is -0.139.